The molecular formula is C16H25FN2O. The third-order valence-corrected chi connectivity index (χ3v) is 4.65. The first-order chi connectivity index (χ1) is 9.48. The van der Waals surface area contributed by atoms with Crippen molar-refractivity contribution in [3.05, 3.63) is 29.6 Å². The highest BCUT2D eigenvalue weighted by atomic mass is 19.1. The highest BCUT2D eigenvalue weighted by molar-refractivity contribution is 5.32. The molecule has 4 heteroatoms. The molecule has 1 aromatic rings. The third kappa shape index (κ3) is 2.96. The van der Waals surface area contributed by atoms with Crippen molar-refractivity contribution in [1.82, 2.24) is 10.2 Å². The van der Waals surface area contributed by atoms with E-state index in [0.29, 0.717) is 11.3 Å². The summed E-state index contributed by atoms with van der Waals surface area (Å²) in [6.45, 7) is 3.07. The van der Waals surface area contributed by atoms with Crippen LogP contribution in [0.2, 0.25) is 0 Å². The minimum Gasteiger partial charge on any atom is -0.494 e. The Morgan fingerprint density at radius 1 is 1.40 bits per heavy atom. The van der Waals surface area contributed by atoms with Crippen LogP contribution < -0.4 is 10.1 Å². The van der Waals surface area contributed by atoms with Gasteiger partial charge in [-0.15, -0.1) is 0 Å². The minimum atomic E-state index is -0.313. The summed E-state index contributed by atoms with van der Waals surface area (Å²) in [4.78, 5) is 2.32. The fourth-order valence-electron chi connectivity index (χ4n) is 2.77. The highest BCUT2D eigenvalue weighted by Gasteiger charge is 2.38. The molecule has 1 aliphatic rings. The van der Waals surface area contributed by atoms with Gasteiger partial charge in [0.25, 0.3) is 0 Å². The molecule has 1 atom stereocenters. The van der Waals surface area contributed by atoms with Crippen LogP contribution in [0, 0.1) is 5.82 Å². The van der Waals surface area contributed by atoms with E-state index in [1.54, 1.807) is 6.07 Å². The molecule has 1 N–H and O–H groups in total. The van der Waals surface area contributed by atoms with E-state index in [0.717, 1.165) is 12.1 Å². The van der Waals surface area contributed by atoms with Gasteiger partial charge in [-0.1, -0.05) is 6.07 Å². The number of hydrogen-bond acceptors (Lipinski definition) is 3. The summed E-state index contributed by atoms with van der Waals surface area (Å²) in [5.74, 6) is -0.00526. The second-order valence-corrected chi connectivity index (χ2v) is 5.97. The SMILES string of the molecule is COc1cc(C(C)NCC2(N(C)C)CCC2)ccc1F. The van der Waals surface area contributed by atoms with Crippen molar-refractivity contribution in [3.63, 3.8) is 0 Å². The molecule has 0 saturated heterocycles. The van der Waals surface area contributed by atoms with Crippen molar-refractivity contribution in [1.29, 1.82) is 0 Å². The van der Waals surface area contributed by atoms with Crippen LogP contribution in [0.3, 0.4) is 0 Å². The molecule has 0 aliphatic heterocycles. The molecule has 112 valence electrons. The van der Waals surface area contributed by atoms with E-state index >= 15 is 0 Å². The maximum atomic E-state index is 13.4. The molecule has 20 heavy (non-hydrogen) atoms. The van der Waals surface area contributed by atoms with Crippen LogP contribution in [0.15, 0.2) is 18.2 Å². The average molecular weight is 280 g/mol. The van der Waals surface area contributed by atoms with Gasteiger partial charge in [0.1, 0.15) is 0 Å². The molecule has 0 bridgehead atoms. The molecule has 1 aromatic carbocycles. The molecule has 0 aromatic heterocycles. The van der Waals surface area contributed by atoms with E-state index in [-0.39, 0.29) is 11.9 Å². The van der Waals surface area contributed by atoms with Crippen molar-refractivity contribution in [3.8, 4) is 5.75 Å². The lowest BCUT2D eigenvalue weighted by atomic mass is 9.75. The van der Waals surface area contributed by atoms with E-state index in [4.69, 9.17) is 4.74 Å². The molecule has 0 heterocycles. The van der Waals surface area contributed by atoms with E-state index in [1.807, 2.05) is 6.07 Å². The van der Waals surface area contributed by atoms with Gasteiger partial charge in [0.15, 0.2) is 11.6 Å². The van der Waals surface area contributed by atoms with Crippen molar-refractivity contribution in [2.24, 2.45) is 0 Å². The summed E-state index contributed by atoms with van der Waals surface area (Å²) < 4.78 is 18.5. The third-order valence-electron chi connectivity index (χ3n) is 4.65. The van der Waals surface area contributed by atoms with Gasteiger partial charge in [0, 0.05) is 18.1 Å². The fraction of sp³-hybridized carbons (Fsp3) is 0.625. The Kier molecular flexibility index (Phi) is 4.66. The summed E-state index contributed by atoms with van der Waals surface area (Å²) in [5, 5.41) is 3.57. The van der Waals surface area contributed by atoms with E-state index < -0.39 is 0 Å². The lowest BCUT2D eigenvalue weighted by Gasteiger charge is -2.48. The number of methoxy groups -OCH3 is 1. The van der Waals surface area contributed by atoms with Gasteiger partial charge in [0.05, 0.1) is 7.11 Å². The van der Waals surface area contributed by atoms with Gasteiger partial charge in [-0.2, -0.15) is 0 Å². The molecule has 1 unspecified atom stereocenters. The summed E-state index contributed by atoms with van der Waals surface area (Å²) in [7, 11) is 5.79. The normalized spacial score (nSPS) is 18.7. The lowest BCUT2D eigenvalue weighted by Crippen LogP contribution is -2.56. The predicted octanol–water partition coefficient (Wildman–Crippen LogP) is 2.97. The zero-order valence-electron chi connectivity index (χ0n) is 12.9. The second-order valence-electron chi connectivity index (χ2n) is 5.97. The Morgan fingerprint density at radius 2 is 2.10 bits per heavy atom. The van der Waals surface area contributed by atoms with Crippen LogP contribution in [-0.2, 0) is 0 Å². The van der Waals surface area contributed by atoms with Gasteiger partial charge in [-0.3, -0.25) is 0 Å². The smallest absolute Gasteiger partial charge is 0.165 e. The van der Waals surface area contributed by atoms with Crippen LogP contribution in [0.1, 0.15) is 37.8 Å². The van der Waals surface area contributed by atoms with Crippen LogP contribution in [0.5, 0.6) is 5.75 Å². The van der Waals surface area contributed by atoms with Gasteiger partial charge >= 0.3 is 0 Å². The Balaban J connectivity index is 1.99. The van der Waals surface area contributed by atoms with Crippen LogP contribution in [0.4, 0.5) is 4.39 Å². The monoisotopic (exact) mass is 280 g/mol. The molecule has 0 amide bonds. The Hall–Kier alpha value is -1.13. The van der Waals surface area contributed by atoms with Crippen LogP contribution >= 0.6 is 0 Å². The second kappa shape index (κ2) is 6.10. The maximum Gasteiger partial charge on any atom is 0.165 e. The van der Waals surface area contributed by atoms with Crippen molar-refractivity contribution in [2.45, 2.75) is 37.8 Å². The molecule has 1 aliphatic carbocycles. The number of benzene rings is 1. The lowest BCUT2D eigenvalue weighted by molar-refractivity contribution is 0.0576. The first-order valence-electron chi connectivity index (χ1n) is 7.23. The summed E-state index contributed by atoms with van der Waals surface area (Å²) in [5.41, 5.74) is 1.34. The van der Waals surface area contributed by atoms with Gasteiger partial charge < -0.3 is 15.0 Å². The number of hydrogen-bond donors (Lipinski definition) is 1. The van der Waals surface area contributed by atoms with Crippen molar-refractivity contribution in [2.75, 3.05) is 27.7 Å². The van der Waals surface area contributed by atoms with Crippen molar-refractivity contribution < 1.29 is 9.13 Å². The number of rotatable bonds is 6. The van der Waals surface area contributed by atoms with Gasteiger partial charge in [0.2, 0.25) is 0 Å². The number of halogens is 1. The van der Waals surface area contributed by atoms with E-state index in [2.05, 4.69) is 31.2 Å². The molecule has 2 rings (SSSR count). The molecule has 3 nitrogen and oxygen atoms in total. The summed E-state index contributed by atoms with van der Waals surface area (Å²) >= 11 is 0. The Morgan fingerprint density at radius 3 is 2.60 bits per heavy atom. The zero-order valence-corrected chi connectivity index (χ0v) is 12.9. The molecule has 0 radical (unpaired) electrons. The number of likely N-dealkylation sites (N-methyl/N-ethyl adjacent to an activating group) is 1. The number of ether oxygens (including phenoxy) is 1. The minimum absolute atomic E-state index is 0.182. The number of nitrogens with one attached hydrogen (secondary N) is 1. The maximum absolute atomic E-state index is 13.4. The molecular weight excluding hydrogens is 255 g/mol. The fourth-order valence-corrected chi connectivity index (χ4v) is 2.77. The van der Waals surface area contributed by atoms with Crippen LogP contribution in [-0.4, -0.2) is 38.2 Å². The quantitative estimate of drug-likeness (QED) is 0.867. The van der Waals surface area contributed by atoms with E-state index in [1.165, 1.54) is 32.4 Å². The molecule has 0 spiro atoms. The zero-order chi connectivity index (χ0) is 14.8. The molecule has 1 fully saturated rings. The highest BCUT2D eigenvalue weighted by Crippen LogP contribution is 2.36. The van der Waals surface area contributed by atoms with Crippen LogP contribution in [0.25, 0.3) is 0 Å². The first kappa shape index (κ1) is 15.3. The predicted molar refractivity (Wildman–Crippen MR) is 79.6 cm³/mol. The van der Waals surface area contributed by atoms with Gasteiger partial charge in [-0.05, 0) is 58.0 Å². The number of nitrogens with zero attached hydrogens (tertiary/aromatic N) is 1. The summed E-state index contributed by atoms with van der Waals surface area (Å²) in [6.07, 6.45) is 3.79. The molecule has 1 saturated carbocycles. The Labute approximate surface area is 121 Å². The largest absolute Gasteiger partial charge is 0.494 e. The standard InChI is InChI=1S/C16H25FN2O/c1-12(13-6-7-14(17)15(10-13)20-4)18-11-16(19(2)3)8-5-9-16/h6-7,10,12,18H,5,8-9,11H2,1-4H3. The van der Waals surface area contributed by atoms with Gasteiger partial charge in [-0.25, -0.2) is 4.39 Å². The average Bonchev–Trinajstić information content (AvgIpc) is 2.37. The topological polar surface area (TPSA) is 24.5 Å². The van der Waals surface area contributed by atoms with Crippen molar-refractivity contribution >= 4 is 0 Å². The van der Waals surface area contributed by atoms with E-state index in [9.17, 15) is 4.39 Å². The Bertz CT molecular complexity index is 458. The summed E-state index contributed by atoms with van der Waals surface area (Å²) in [6, 6.07) is 5.24. The first-order valence-corrected chi connectivity index (χ1v) is 7.23.